The van der Waals surface area contributed by atoms with Gasteiger partial charge in [0.15, 0.2) is 0 Å². The first kappa shape index (κ1) is 23.4. The number of hydrogen-bond donors (Lipinski definition) is 2. The highest BCUT2D eigenvalue weighted by atomic mass is 16.3. The third-order valence-electron chi connectivity index (χ3n) is 7.01. The molecule has 2 heteroatoms. The third kappa shape index (κ3) is 7.87. The molecular formula is C26H44O2. The van der Waals surface area contributed by atoms with E-state index in [2.05, 4.69) is 32.0 Å². The summed E-state index contributed by atoms with van der Waals surface area (Å²) in [6, 6.07) is 6.98. The first-order chi connectivity index (χ1) is 13.7. The summed E-state index contributed by atoms with van der Waals surface area (Å²) in [6.07, 6.45) is 17.0. The number of unbranched alkanes of at least 4 members (excludes halogenated alkanes) is 2. The molecule has 1 saturated carbocycles. The van der Waals surface area contributed by atoms with E-state index in [1.165, 1.54) is 80.9 Å². The van der Waals surface area contributed by atoms with Gasteiger partial charge in [0.2, 0.25) is 0 Å². The van der Waals surface area contributed by atoms with Crippen LogP contribution in [-0.2, 0) is 19.3 Å². The van der Waals surface area contributed by atoms with Crippen molar-refractivity contribution in [3.63, 3.8) is 0 Å². The van der Waals surface area contributed by atoms with Crippen LogP contribution in [0.4, 0.5) is 0 Å². The minimum absolute atomic E-state index is 0.0156. The van der Waals surface area contributed by atoms with E-state index in [9.17, 15) is 10.2 Å². The van der Waals surface area contributed by atoms with E-state index in [0.29, 0.717) is 0 Å². The van der Waals surface area contributed by atoms with Gasteiger partial charge >= 0.3 is 0 Å². The quantitative estimate of drug-likeness (QED) is 0.401. The normalized spacial score (nSPS) is 20.0. The molecule has 0 radical (unpaired) electrons. The molecule has 0 spiro atoms. The Morgan fingerprint density at radius 1 is 0.857 bits per heavy atom. The lowest BCUT2D eigenvalue weighted by molar-refractivity contribution is 0.144. The van der Waals surface area contributed by atoms with Crippen molar-refractivity contribution in [3.8, 4) is 0 Å². The second-order valence-electron chi connectivity index (χ2n) is 9.15. The summed E-state index contributed by atoms with van der Waals surface area (Å²) in [4.78, 5) is 0. The van der Waals surface area contributed by atoms with Gasteiger partial charge in [-0.3, -0.25) is 0 Å². The molecule has 0 aliphatic heterocycles. The molecular weight excluding hydrogens is 344 g/mol. The van der Waals surface area contributed by atoms with Crippen molar-refractivity contribution >= 4 is 0 Å². The van der Waals surface area contributed by atoms with E-state index in [1.54, 1.807) is 0 Å². The van der Waals surface area contributed by atoms with E-state index in [0.717, 1.165) is 31.1 Å². The molecule has 2 N–H and O–H groups in total. The van der Waals surface area contributed by atoms with Crippen LogP contribution in [-0.4, -0.2) is 23.4 Å². The molecule has 1 fully saturated rings. The molecule has 1 aliphatic carbocycles. The zero-order chi connectivity index (χ0) is 20.2. The Morgan fingerprint density at radius 3 is 2.14 bits per heavy atom. The molecule has 0 unspecified atom stereocenters. The second kappa shape index (κ2) is 13.4. The maximum atomic E-state index is 9.25. The third-order valence-corrected chi connectivity index (χ3v) is 7.01. The van der Waals surface area contributed by atoms with E-state index < -0.39 is 0 Å². The standard InChI is InChI=1S/C26H44O2/c1-3-5-6-7-21-8-10-22(11-9-21)14-16-26-17-15-23(18-25(26)4-2)12-13-24(19-27)20-28/h15,17-18,21-22,24,27-28H,3-14,16,19-20H2,1-2H3. The van der Waals surface area contributed by atoms with Crippen molar-refractivity contribution in [2.75, 3.05) is 13.2 Å². The van der Waals surface area contributed by atoms with Crippen molar-refractivity contribution in [2.45, 2.75) is 97.3 Å². The predicted molar refractivity (Wildman–Crippen MR) is 120 cm³/mol. The van der Waals surface area contributed by atoms with Crippen LogP contribution in [0.5, 0.6) is 0 Å². The van der Waals surface area contributed by atoms with Crippen LogP contribution in [0.3, 0.4) is 0 Å². The van der Waals surface area contributed by atoms with Gasteiger partial charge in [-0.1, -0.05) is 83.4 Å². The Hall–Kier alpha value is -0.860. The fourth-order valence-corrected chi connectivity index (χ4v) is 4.87. The maximum Gasteiger partial charge on any atom is 0.0481 e. The van der Waals surface area contributed by atoms with Gasteiger partial charge < -0.3 is 10.2 Å². The second-order valence-corrected chi connectivity index (χ2v) is 9.15. The average molecular weight is 389 g/mol. The van der Waals surface area contributed by atoms with Gasteiger partial charge in [-0.25, -0.2) is 0 Å². The first-order valence-electron chi connectivity index (χ1n) is 12.0. The summed E-state index contributed by atoms with van der Waals surface area (Å²) in [5.41, 5.74) is 4.38. The smallest absolute Gasteiger partial charge is 0.0481 e. The van der Waals surface area contributed by atoms with E-state index in [4.69, 9.17) is 0 Å². The van der Waals surface area contributed by atoms with E-state index in [1.807, 2.05) is 0 Å². The van der Waals surface area contributed by atoms with Crippen molar-refractivity contribution in [1.29, 1.82) is 0 Å². The van der Waals surface area contributed by atoms with Gasteiger partial charge in [0, 0.05) is 19.1 Å². The predicted octanol–water partition coefficient (Wildman–Crippen LogP) is 6.10. The largest absolute Gasteiger partial charge is 0.396 e. The van der Waals surface area contributed by atoms with Gasteiger partial charge in [-0.15, -0.1) is 0 Å². The van der Waals surface area contributed by atoms with Crippen molar-refractivity contribution in [2.24, 2.45) is 17.8 Å². The number of hydrogen-bond acceptors (Lipinski definition) is 2. The lowest BCUT2D eigenvalue weighted by Crippen LogP contribution is -2.15. The van der Waals surface area contributed by atoms with E-state index in [-0.39, 0.29) is 19.1 Å². The van der Waals surface area contributed by atoms with Crippen LogP contribution < -0.4 is 0 Å². The molecule has 2 nitrogen and oxygen atoms in total. The van der Waals surface area contributed by atoms with Crippen molar-refractivity contribution < 1.29 is 10.2 Å². The zero-order valence-electron chi connectivity index (χ0n) is 18.5. The molecule has 0 atom stereocenters. The summed E-state index contributed by atoms with van der Waals surface area (Å²) in [5, 5.41) is 18.5. The van der Waals surface area contributed by atoms with Crippen molar-refractivity contribution in [3.05, 3.63) is 34.9 Å². The lowest BCUT2D eigenvalue weighted by Gasteiger charge is -2.28. The van der Waals surface area contributed by atoms with Gasteiger partial charge in [-0.05, 0) is 60.6 Å². The van der Waals surface area contributed by atoms with Crippen LogP contribution in [0.15, 0.2) is 18.2 Å². The average Bonchev–Trinajstić information content (AvgIpc) is 2.74. The molecule has 160 valence electrons. The SMILES string of the molecule is CCCCCC1CCC(CCc2ccc(CCC(CO)CO)cc2CC)CC1. The van der Waals surface area contributed by atoms with E-state index >= 15 is 0 Å². The number of rotatable bonds is 13. The van der Waals surface area contributed by atoms with Crippen LogP contribution >= 0.6 is 0 Å². The Bertz CT molecular complexity index is 527. The topological polar surface area (TPSA) is 40.5 Å². The van der Waals surface area contributed by atoms with Crippen LogP contribution in [0.25, 0.3) is 0 Å². The van der Waals surface area contributed by atoms with Crippen LogP contribution in [0.2, 0.25) is 0 Å². The van der Waals surface area contributed by atoms with Gasteiger partial charge in [0.1, 0.15) is 0 Å². The monoisotopic (exact) mass is 388 g/mol. The Balaban J connectivity index is 1.77. The Morgan fingerprint density at radius 2 is 1.54 bits per heavy atom. The molecule has 0 saturated heterocycles. The molecule has 0 amide bonds. The highest BCUT2D eigenvalue weighted by Crippen LogP contribution is 2.34. The van der Waals surface area contributed by atoms with Gasteiger partial charge in [0.25, 0.3) is 0 Å². The summed E-state index contributed by atoms with van der Waals surface area (Å²) < 4.78 is 0. The Kier molecular flexibility index (Phi) is 11.2. The van der Waals surface area contributed by atoms with Crippen LogP contribution in [0.1, 0.15) is 94.7 Å². The summed E-state index contributed by atoms with van der Waals surface area (Å²) >= 11 is 0. The summed E-state index contributed by atoms with van der Waals surface area (Å²) in [7, 11) is 0. The lowest BCUT2D eigenvalue weighted by atomic mass is 9.77. The number of benzene rings is 1. The summed E-state index contributed by atoms with van der Waals surface area (Å²) in [6.45, 7) is 4.72. The Labute approximate surface area is 173 Å². The zero-order valence-corrected chi connectivity index (χ0v) is 18.5. The molecule has 0 heterocycles. The first-order valence-corrected chi connectivity index (χ1v) is 12.0. The number of aryl methyl sites for hydroxylation is 3. The van der Waals surface area contributed by atoms with Gasteiger partial charge in [0.05, 0.1) is 0 Å². The number of aliphatic hydroxyl groups excluding tert-OH is 2. The van der Waals surface area contributed by atoms with Gasteiger partial charge in [-0.2, -0.15) is 0 Å². The molecule has 28 heavy (non-hydrogen) atoms. The highest BCUT2D eigenvalue weighted by molar-refractivity contribution is 5.32. The fraction of sp³-hybridized carbons (Fsp3) is 0.769. The minimum atomic E-state index is 0.0156. The maximum absolute atomic E-state index is 9.25. The highest BCUT2D eigenvalue weighted by Gasteiger charge is 2.21. The molecule has 1 aromatic rings. The molecule has 0 bridgehead atoms. The molecule has 1 aromatic carbocycles. The number of aliphatic hydroxyl groups is 2. The van der Waals surface area contributed by atoms with Crippen molar-refractivity contribution in [1.82, 2.24) is 0 Å². The minimum Gasteiger partial charge on any atom is -0.396 e. The molecule has 0 aromatic heterocycles. The summed E-state index contributed by atoms with van der Waals surface area (Å²) in [5.74, 6) is 1.96. The molecule has 2 rings (SSSR count). The van der Waals surface area contributed by atoms with Crippen LogP contribution in [0, 0.1) is 17.8 Å². The molecule has 1 aliphatic rings. The fourth-order valence-electron chi connectivity index (χ4n) is 4.87.